The Morgan fingerprint density at radius 1 is 1.15 bits per heavy atom. The van der Waals surface area contributed by atoms with Gasteiger partial charge in [-0.05, 0) is 43.0 Å². The zero-order valence-corrected chi connectivity index (χ0v) is 15.3. The highest BCUT2D eigenvalue weighted by Gasteiger charge is 2.33. The van der Waals surface area contributed by atoms with E-state index in [0.717, 1.165) is 37.1 Å². The first-order valence-corrected chi connectivity index (χ1v) is 9.44. The average molecular weight is 389 g/mol. The maximum Gasteiger partial charge on any atom is 0.253 e. The maximum absolute atomic E-state index is 14.7. The third kappa shape index (κ3) is 3.32. The fourth-order valence-corrected chi connectivity index (χ4v) is 4.20. The van der Waals surface area contributed by atoms with E-state index in [1.165, 1.54) is 6.07 Å². The summed E-state index contributed by atoms with van der Waals surface area (Å²) in [5, 5.41) is 3.64. The number of carbonyl (C=O) groups is 1. The fourth-order valence-electron chi connectivity index (χ4n) is 4.04. The van der Waals surface area contributed by atoms with Gasteiger partial charge in [0.15, 0.2) is 0 Å². The molecular weight excluding hydrogens is 370 g/mol. The van der Waals surface area contributed by atoms with Gasteiger partial charge in [-0.2, -0.15) is 0 Å². The Labute approximate surface area is 160 Å². The van der Waals surface area contributed by atoms with E-state index in [1.807, 2.05) is 12.1 Å². The number of aromatic nitrogens is 1. The van der Waals surface area contributed by atoms with Gasteiger partial charge in [-0.25, -0.2) is 8.78 Å². The lowest BCUT2D eigenvalue weighted by Gasteiger charge is -2.26. The molecule has 1 fully saturated rings. The van der Waals surface area contributed by atoms with Gasteiger partial charge in [0, 0.05) is 17.1 Å². The molecule has 0 saturated heterocycles. The van der Waals surface area contributed by atoms with Crippen LogP contribution in [0.3, 0.4) is 0 Å². The predicted octanol–water partition coefficient (Wildman–Crippen LogP) is 5.76. The molecule has 27 heavy (non-hydrogen) atoms. The Morgan fingerprint density at radius 3 is 2.70 bits per heavy atom. The first kappa shape index (κ1) is 18.0. The van der Waals surface area contributed by atoms with E-state index >= 15 is 0 Å². The highest BCUT2D eigenvalue weighted by Crippen LogP contribution is 2.39. The van der Waals surface area contributed by atoms with Gasteiger partial charge in [0.1, 0.15) is 11.6 Å². The van der Waals surface area contributed by atoms with Crippen LogP contribution in [0.5, 0.6) is 0 Å². The van der Waals surface area contributed by atoms with Crippen LogP contribution in [0.4, 0.5) is 8.78 Å². The van der Waals surface area contributed by atoms with Gasteiger partial charge in [0.25, 0.3) is 5.91 Å². The number of fused-ring (bicyclic) bond motifs is 1. The molecule has 0 aliphatic heterocycles. The molecule has 4 rings (SSSR count). The topological polar surface area (TPSA) is 44.9 Å². The zero-order chi connectivity index (χ0) is 19.0. The van der Waals surface area contributed by atoms with Crippen LogP contribution in [-0.2, 0) is 0 Å². The molecule has 1 atom stereocenters. The molecule has 0 spiro atoms. The lowest BCUT2D eigenvalue weighted by molar-refractivity contribution is 0.0921. The highest BCUT2D eigenvalue weighted by atomic mass is 35.5. The summed E-state index contributed by atoms with van der Waals surface area (Å²) in [6.07, 6.45) is 5.33. The summed E-state index contributed by atoms with van der Waals surface area (Å²) in [6.45, 7) is 0. The Hall–Kier alpha value is -2.40. The van der Waals surface area contributed by atoms with Crippen LogP contribution < -0.4 is 5.32 Å². The molecule has 2 aromatic carbocycles. The number of nitrogens with one attached hydrogen (secondary N) is 2. The second kappa shape index (κ2) is 7.31. The summed E-state index contributed by atoms with van der Waals surface area (Å²) in [5.41, 5.74) is 0.997. The zero-order valence-electron chi connectivity index (χ0n) is 14.6. The summed E-state index contributed by atoms with van der Waals surface area (Å²) in [7, 11) is 0. The number of benzene rings is 2. The minimum absolute atomic E-state index is 0.0285. The molecular formula is C21H19ClF2N2O. The number of hydrogen-bond donors (Lipinski definition) is 2. The van der Waals surface area contributed by atoms with Crippen molar-refractivity contribution < 1.29 is 13.6 Å². The Morgan fingerprint density at radius 2 is 1.93 bits per heavy atom. The van der Waals surface area contributed by atoms with Gasteiger partial charge in [-0.3, -0.25) is 4.79 Å². The molecule has 0 radical (unpaired) electrons. The van der Waals surface area contributed by atoms with Crippen LogP contribution >= 0.6 is 11.6 Å². The molecule has 3 aromatic rings. The first-order chi connectivity index (χ1) is 13.1. The van der Waals surface area contributed by atoms with E-state index in [0.29, 0.717) is 11.1 Å². The van der Waals surface area contributed by atoms with Crippen LogP contribution in [0.25, 0.3) is 10.9 Å². The maximum atomic E-state index is 14.7. The largest absolute Gasteiger partial charge is 0.361 e. The van der Waals surface area contributed by atoms with E-state index in [4.69, 9.17) is 11.6 Å². The van der Waals surface area contributed by atoms with Crippen molar-refractivity contribution in [3.63, 3.8) is 0 Å². The van der Waals surface area contributed by atoms with E-state index in [9.17, 15) is 13.6 Å². The number of halogens is 3. The van der Waals surface area contributed by atoms with Crippen LogP contribution in [0.2, 0.25) is 5.02 Å². The monoisotopic (exact) mass is 388 g/mol. The normalized spacial score (nSPS) is 16.0. The molecule has 1 aromatic heterocycles. The van der Waals surface area contributed by atoms with E-state index in [-0.39, 0.29) is 22.4 Å². The molecule has 140 valence electrons. The van der Waals surface area contributed by atoms with Crippen molar-refractivity contribution in [2.75, 3.05) is 0 Å². The fraction of sp³-hybridized carbons (Fsp3) is 0.286. The molecule has 3 nitrogen and oxygen atoms in total. The van der Waals surface area contributed by atoms with E-state index in [2.05, 4.69) is 10.3 Å². The minimum atomic E-state index is -0.799. The van der Waals surface area contributed by atoms with Gasteiger partial charge in [0.05, 0.1) is 22.1 Å². The summed E-state index contributed by atoms with van der Waals surface area (Å²) in [4.78, 5) is 16.0. The van der Waals surface area contributed by atoms with Crippen molar-refractivity contribution in [2.24, 2.45) is 5.92 Å². The average Bonchev–Trinajstić information content (AvgIpc) is 3.35. The quantitative estimate of drug-likeness (QED) is 0.548. The van der Waals surface area contributed by atoms with Crippen molar-refractivity contribution in [1.29, 1.82) is 0 Å². The van der Waals surface area contributed by atoms with Gasteiger partial charge < -0.3 is 10.3 Å². The Kier molecular flexibility index (Phi) is 4.87. The van der Waals surface area contributed by atoms with Gasteiger partial charge >= 0.3 is 0 Å². The first-order valence-electron chi connectivity index (χ1n) is 9.06. The Bertz CT molecular complexity index is 995. The third-order valence-corrected chi connectivity index (χ3v) is 5.67. The molecule has 1 aliphatic carbocycles. The van der Waals surface area contributed by atoms with Gasteiger partial charge in [0.2, 0.25) is 0 Å². The highest BCUT2D eigenvalue weighted by molar-refractivity contribution is 6.30. The SMILES string of the molecule is O=C(N[C@H](c1c(F)ccc(Cl)c1F)C1CCCC1)c1cccc2cc[nH]c12. The van der Waals surface area contributed by atoms with Crippen LogP contribution in [0, 0.1) is 17.6 Å². The number of H-pyrrole nitrogens is 1. The number of rotatable bonds is 4. The van der Waals surface area contributed by atoms with Gasteiger partial charge in [-0.15, -0.1) is 0 Å². The smallest absolute Gasteiger partial charge is 0.253 e. The van der Waals surface area contributed by atoms with Crippen molar-refractivity contribution in [3.8, 4) is 0 Å². The van der Waals surface area contributed by atoms with Crippen LogP contribution in [0.1, 0.15) is 47.6 Å². The predicted molar refractivity (Wildman–Crippen MR) is 102 cm³/mol. The van der Waals surface area contributed by atoms with E-state index in [1.54, 1.807) is 18.3 Å². The molecule has 1 heterocycles. The number of carbonyl (C=O) groups excluding carboxylic acids is 1. The second-order valence-corrected chi connectivity index (χ2v) is 7.41. The number of aromatic amines is 1. The lowest BCUT2D eigenvalue weighted by atomic mass is 9.90. The second-order valence-electron chi connectivity index (χ2n) is 7.00. The van der Waals surface area contributed by atoms with Crippen molar-refractivity contribution in [3.05, 3.63) is 70.4 Å². The van der Waals surface area contributed by atoms with Crippen molar-refractivity contribution in [1.82, 2.24) is 10.3 Å². The molecule has 1 aliphatic rings. The van der Waals surface area contributed by atoms with Crippen molar-refractivity contribution >= 4 is 28.4 Å². The summed E-state index contributed by atoms with van der Waals surface area (Å²) in [6, 6.07) is 8.85. The lowest BCUT2D eigenvalue weighted by Crippen LogP contribution is -2.34. The summed E-state index contributed by atoms with van der Waals surface area (Å²) >= 11 is 5.89. The Balaban J connectivity index is 1.73. The van der Waals surface area contributed by atoms with Gasteiger partial charge in [-0.1, -0.05) is 36.6 Å². The number of hydrogen-bond acceptors (Lipinski definition) is 1. The molecule has 2 N–H and O–H groups in total. The van der Waals surface area contributed by atoms with Crippen LogP contribution in [-0.4, -0.2) is 10.9 Å². The number of para-hydroxylation sites is 1. The minimum Gasteiger partial charge on any atom is -0.361 e. The van der Waals surface area contributed by atoms with Crippen molar-refractivity contribution in [2.45, 2.75) is 31.7 Å². The molecule has 6 heteroatoms. The molecule has 0 unspecified atom stereocenters. The standard InChI is InChI=1S/C21H19ClF2N2O/c22-15-8-9-16(23)17(18(15)24)20(12-4-1-2-5-12)26-21(27)14-7-3-6-13-10-11-25-19(13)14/h3,6-12,20,25H,1-2,4-5H2,(H,26,27)/t20-/m0/s1. The molecule has 0 bridgehead atoms. The van der Waals surface area contributed by atoms with Crippen LogP contribution in [0.15, 0.2) is 42.6 Å². The van der Waals surface area contributed by atoms with E-state index < -0.39 is 17.7 Å². The third-order valence-electron chi connectivity index (χ3n) is 5.38. The molecule has 1 amide bonds. The number of amides is 1. The summed E-state index contributed by atoms with van der Waals surface area (Å²) < 4.78 is 29.2. The molecule has 1 saturated carbocycles. The summed E-state index contributed by atoms with van der Waals surface area (Å²) in [5.74, 6) is -1.88.